The Morgan fingerprint density at radius 1 is 1.28 bits per heavy atom. The Morgan fingerprint density at radius 2 is 2.03 bits per heavy atom. The van der Waals surface area contributed by atoms with Gasteiger partial charge in [0.05, 0.1) is 23.9 Å². The molecule has 29 heavy (non-hydrogen) atoms. The van der Waals surface area contributed by atoms with Crippen molar-refractivity contribution in [2.45, 2.75) is 13.3 Å². The number of para-hydroxylation sites is 1. The molecule has 0 aromatic heterocycles. The number of aliphatic imine (C=N–C) groups is 2. The van der Waals surface area contributed by atoms with Crippen LogP contribution in [0.3, 0.4) is 0 Å². The van der Waals surface area contributed by atoms with Gasteiger partial charge in [-0.25, -0.2) is 9.38 Å². The monoisotopic (exact) mass is 458 g/mol. The average molecular weight is 459 g/mol. The first-order chi connectivity index (χ1) is 14.0. The normalized spacial score (nSPS) is 14.9. The molecule has 3 rings (SSSR count). The summed E-state index contributed by atoms with van der Waals surface area (Å²) in [4.78, 5) is 20.4. The molecule has 0 aliphatic carbocycles. The lowest BCUT2D eigenvalue weighted by molar-refractivity contribution is -0.139. The van der Waals surface area contributed by atoms with Crippen LogP contribution in [0.1, 0.15) is 24.5 Å². The van der Waals surface area contributed by atoms with Gasteiger partial charge in [-0.05, 0) is 12.5 Å². The van der Waals surface area contributed by atoms with Gasteiger partial charge in [0, 0.05) is 16.5 Å². The number of alkyl halides is 1. The molecule has 6 nitrogen and oxygen atoms in total. The molecular weight excluding hydrogens is 439 g/mol. The van der Waals surface area contributed by atoms with Gasteiger partial charge in [-0.15, -0.1) is 0 Å². The van der Waals surface area contributed by atoms with E-state index in [1.165, 1.54) is 6.07 Å². The highest BCUT2D eigenvalue weighted by atomic mass is 79.9. The maximum atomic E-state index is 14.6. The molecule has 0 bridgehead atoms. The van der Waals surface area contributed by atoms with Crippen molar-refractivity contribution in [1.82, 2.24) is 5.43 Å². The third-order valence-corrected chi connectivity index (χ3v) is 5.07. The van der Waals surface area contributed by atoms with Gasteiger partial charge in [0.1, 0.15) is 17.3 Å². The standard InChI is InChI=1S/C21H20BrFN4O2/c1-2-14(21(28)29)17(11-22)26-27-18-12-24-19(13-7-4-3-5-8-13)15-9-6-10-16(23)20(15)25-18/h3-10,14H,2,11-12H2,1H3,(H,25,27)(H,28,29)/b26-17-. The molecule has 0 saturated heterocycles. The largest absolute Gasteiger partial charge is 0.481 e. The fourth-order valence-corrected chi connectivity index (χ4v) is 3.54. The van der Waals surface area contributed by atoms with Crippen LogP contribution in [0.4, 0.5) is 10.1 Å². The molecule has 0 fully saturated rings. The zero-order valence-corrected chi connectivity index (χ0v) is 17.4. The average Bonchev–Trinajstić information content (AvgIpc) is 2.92. The Morgan fingerprint density at radius 3 is 2.69 bits per heavy atom. The van der Waals surface area contributed by atoms with Crippen molar-refractivity contribution in [2.75, 3.05) is 11.9 Å². The molecule has 1 heterocycles. The van der Waals surface area contributed by atoms with Crippen molar-refractivity contribution in [3.05, 3.63) is 65.5 Å². The van der Waals surface area contributed by atoms with Crippen molar-refractivity contribution in [3.8, 4) is 0 Å². The number of hydrogen-bond acceptors (Lipinski definition) is 5. The highest BCUT2D eigenvalue weighted by Crippen LogP contribution is 2.28. The predicted octanol–water partition coefficient (Wildman–Crippen LogP) is 4.16. The lowest BCUT2D eigenvalue weighted by atomic mass is 10.0. The number of hydrazone groups is 1. The molecule has 1 atom stereocenters. The number of nitrogens with zero attached hydrogens (tertiary/aromatic N) is 3. The second-order valence-corrected chi connectivity index (χ2v) is 6.93. The van der Waals surface area contributed by atoms with E-state index in [-0.39, 0.29) is 12.2 Å². The molecule has 1 unspecified atom stereocenters. The number of benzene rings is 2. The van der Waals surface area contributed by atoms with Gasteiger partial charge in [0.15, 0.2) is 0 Å². The molecule has 8 heteroatoms. The maximum Gasteiger partial charge on any atom is 0.312 e. The highest BCUT2D eigenvalue weighted by molar-refractivity contribution is 9.09. The SMILES string of the molecule is CCC(C(=O)O)/C(CBr)=N\NC1=Nc2c(F)cccc2C(c2ccccc2)=NC1. The number of hydrogen-bond donors (Lipinski definition) is 2. The number of carboxylic acid groups (broad SMARTS) is 1. The van der Waals surface area contributed by atoms with Crippen LogP contribution >= 0.6 is 15.9 Å². The van der Waals surface area contributed by atoms with Crippen LogP contribution in [0.2, 0.25) is 0 Å². The summed E-state index contributed by atoms with van der Waals surface area (Å²) < 4.78 is 14.6. The number of nitrogens with one attached hydrogen (secondary N) is 1. The van der Waals surface area contributed by atoms with Crippen LogP contribution in [0, 0.1) is 11.7 Å². The van der Waals surface area contributed by atoms with E-state index >= 15 is 0 Å². The Hall–Kier alpha value is -2.87. The summed E-state index contributed by atoms with van der Waals surface area (Å²) in [7, 11) is 0. The molecule has 0 amide bonds. The summed E-state index contributed by atoms with van der Waals surface area (Å²) in [5.41, 5.74) is 5.49. The minimum atomic E-state index is -0.948. The van der Waals surface area contributed by atoms with E-state index in [1.807, 2.05) is 30.3 Å². The van der Waals surface area contributed by atoms with Crippen molar-refractivity contribution in [3.63, 3.8) is 0 Å². The second kappa shape index (κ2) is 9.56. The second-order valence-electron chi connectivity index (χ2n) is 6.37. The molecule has 0 saturated carbocycles. The molecule has 1 aliphatic rings. The van der Waals surface area contributed by atoms with Crippen molar-refractivity contribution >= 4 is 44.8 Å². The Kier molecular flexibility index (Phi) is 6.87. The number of carboxylic acids is 1. The van der Waals surface area contributed by atoms with Gasteiger partial charge in [-0.3, -0.25) is 15.2 Å². The number of rotatable bonds is 6. The van der Waals surface area contributed by atoms with E-state index < -0.39 is 17.7 Å². The fourth-order valence-electron chi connectivity index (χ4n) is 3.02. The third-order valence-electron chi connectivity index (χ3n) is 4.50. The van der Waals surface area contributed by atoms with Crippen LogP contribution in [-0.2, 0) is 4.79 Å². The summed E-state index contributed by atoms with van der Waals surface area (Å²) in [6.45, 7) is 1.93. The number of aliphatic carboxylic acids is 1. The Balaban J connectivity index is 1.98. The summed E-state index contributed by atoms with van der Waals surface area (Å²) in [6, 6.07) is 14.3. The van der Waals surface area contributed by atoms with Crippen LogP contribution < -0.4 is 5.43 Å². The Labute approximate surface area is 176 Å². The van der Waals surface area contributed by atoms with Gasteiger partial charge in [-0.2, -0.15) is 5.10 Å². The van der Waals surface area contributed by atoms with Crippen molar-refractivity contribution in [1.29, 1.82) is 0 Å². The van der Waals surface area contributed by atoms with Crippen molar-refractivity contribution < 1.29 is 14.3 Å². The molecule has 150 valence electrons. The smallest absolute Gasteiger partial charge is 0.312 e. The first kappa shape index (κ1) is 20.9. The van der Waals surface area contributed by atoms with E-state index in [0.29, 0.717) is 34.6 Å². The van der Waals surface area contributed by atoms with Crippen LogP contribution in [0.25, 0.3) is 0 Å². The van der Waals surface area contributed by atoms with Gasteiger partial charge in [0.25, 0.3) is 0 Å². The van der Waals surface area contributed by atoms with Gasteiger partial charge in [-0.1, -0.05) is 65.3 Å². The quantitative estimate of drug-likeness (QED) is 0.387. The molecule has 2 aromatic rings. The lowest BCUT2D eigenvalue weighted by Crippen LogP contribution is -2.29. The number of halogens is 2. The highest BCUT2D eigenvalue weighted by Gasteiger charge is 2.22. The van der Waals surface area contributed by atoms with E-state index in [0.717, 1.165) is 5.56 Å². The van der Waals surface area contributed by atoms with Gasteiger partial charge in [0.2, 0.25) is 0 Å². The topological polar surface area (TPSA) is 86.4 Å². The number of amidine groups is 1. The summed E-state index contributed by atoms with van der Waals surface area (Å²) in [6.07, 6.45) is 0.404. The van der Waals surface area contributed by atoms with Gasteiger partial charge >= 0.3 is 5.97 Å². The minimum absolute atomic E-state index is 0.154. The number of fused-ring (bicyclic) bond motifs is 1. The third kappa shape index (κ3) is 4.76. The molecule has 0 radical (unpaired) electrons. The lowest BCUT2D eigenvalue weighted by Gasteiger charge is -2.12. The molecule has 0 spiro atoms. The summed E-state index contributed by atoms with van der Waals surface area (Å²) in [5.74, 6) is -1.80. The molecular formula is C21H20BrFN4O2. The first-order valence-electron chi connectivity index (χ1n) is 9.12. The molecule has 2 aromatic carbocycles. The number of carbonyl (C=O) groups is 1. The van der Waals surface area contributed by atoms with E-state index in [1.54, 1.807) is 19.1 Å². The predicted molar refractivity (Wildman–Crippen MR) is 116 cm³/mol. The van der Waals surface area contributed by atoms with Gasteiger partial charge < -0.3 is 5.11 Å². The summed E-state index contributed by atoms with van der Waals surface area (Å²) >= 11 is 3.28. The first-order valence-corrected chi connectivity index (χ1v) is 10.2. The Bertz CT molecular complexity index is 989. The van der Waals surface area contributed by atoms with E-state index in [9.17, 15) is 14.3 Å². The molecule has 1 aliphatic heterocycles. The van der Waals surface area contributed by atoms with E-state index in [4.69, 9.17) is 0 Å². The molecule has 2 N–H and O–H groups in total. The fraction of sp³-hybridized carbons (Fsp3) is 0.238. The zero-order chi connectivity index (χ0) is 20.8. The summed E-state index contributed by atoms with van der Waals surface area (Å²) in [5, 5.41) is 13.9. The van der Waals surface area contributed by atoms with Crippen LogP contribution in [0.5, 0.6) is 0 Å². The van der Waals surface area contributed by atoms with E-state index in [2.05, 4.69) is 36.4 Å². The maximum absolute atomic E-state index is 14.6. The zero-order valence-electron chi connectivity index (χ0n) is 15.8. The minimum Gasteiger partial charge on any atom is -0.481 e. The van der Waals surface area contributed by atoms with Crippen LogP contribution in [0.15, 0.2) is 63.6 Å². The van der Waals surface area contributed by atoms with Crippen LogP contribution in [-0.4, -0.2) is 40.2 Å². The van der Waals surface area contributed by atoms with Crippen molar-refractivity contribution in [2.24, 2.45) is 21.0 Å².